The third kappa shape index (κ3) is 3.95. The van der Waals surface area contributed by atoms with Gasteiger partial charge in [0.25, 0.3) is 10.0 Å². The molecule has 7 heteroatoms. The number of sulfonamides is 1. The zero-order valence-electron chi connectivity index (χ0n) is 17.6. The van der Waals surface area contributed by atoms with Crippen LogP contribution in [-0.2, 0) is 14.8 Å². The highest BCUT2D eigenvalue weighted by atomic mass is 32.2. The fourth-order valence-corrected chi connectivity index (χ4v) is 5.95. The van der Waals surface area contributed by atoms with Crippen molar-refractivity contribution in [2.45, 2.75) is 29.6 Å². The van der Waals surface area contributed by atoms with Crippen LogP contribution in [0.3, 0.4) is 0 Å². The molecule has 1 amide bonds. The van der Waals surface area contributed by atoms with Gasteiger partial charge in [0.05, 0.1) is 16.3 Å². The highest BCUT2D eigenvalue weighted by Gasteiger charge is 2.36. The summed E-state index contributed by atoms with van der Waals surface area (Å²) in [5, 5.41) is 2.87. The number of amides is 1. The van der Waals surface area contributed by atoms with E-state index in [0.717, 1.165) is 16.0 Å². The fraction of sp³-hybridized carbons (Fsp3) is 0.208. The summed E-state index contributed by atoms with van der Waals surface area (Å²) in [6, 6.07) is 20.2. The Morgan fingerprint density at radius 3 is 2.45 bits per heavy atom. The molecule has 0 saturated heterocycles. The SMILES string of the molecule is CSc1ccccc1NC(=O)CN1c2ccc(C(C)C)cc2-c2ccccc2S1(=O)=O. The second-order valence-corrected chi connectivity index (χ2v) is 10.4. The molecular formula is C24H24N2O3S2. The van der Waals surface area contributed by atoms with E-state index in [2.05, 4.69) is 19.2 Å². The van der Waals surface area contributed by atoms with Gasteiger partial charge >= 0.3 is 0 Å². The summed E-state index contributed by atoms with van der Waals surface area (Å²) in [6.07, 6.45) is 1.93. The molecule has 4 rings (SSSR count). The van der Waals surface area contributed by atoms with E-state index in [4.69, 9.17) is 0 Å². The van der Waals surface area contributed by atoms with E-state index in [1.54, 1.807) is 18.2 Å². The number of anilines is 2. The van der Waals surface area contributed by atoms with Crippen LogP contribution in [0.1, 0.15) is 25.3 Å². The van der Waals surface area contributed by atoms with Crippen molar-refractivity contribution in [2.75, 3.05) is 22.4 Å². The lowest BCUT2D eigenvalue weighted by atomic mass is 9.95. The molecule has 5 nitrogen and oxygen atoms in total. The molecule has 3 aromatic carbocycles. The Hall–Kier alpha value is -2.77. The number of carbonyl (C=O) groups excluding carboxylic acids is 1. The molecule has 31 heavy (non-hydrogen) atoms. The fourth-order valence-electron chi connectivity index (χ4n) is 3.75. The maximum Gasteiger partial charge on any atom is 0.265 e. The van der Waals surface area contributed by atoms with Gasteiger partial charge in [-0.15, -0.1) is 11.8 Å². The molecule has 0 atom stereocenters. The molecule has 0 aromatic heterocycles. The van der Waals surface area contributed by atoms with Gasteiger partial charge in [0, 0.05) is 16.0 Å². The highest BCUT2D eigenvalue weighted by Crippen LogP contribution is 2.44. The van der Waals surface area contributed by atoms with Crippen molar-refractivity contribution >= 4 is 39.1 Å². The number of thioether (sulfide) groups is 1. The summed E-state index contributed by atoms with van der Waals surface area (Å²) in [7, 11) is -3.87. The van der Waals surface area contributed by atoms with Gasteiger partial charge in [0.2, 0.25) is 5.91 Å². The van der Waals surface area contributed by atoms with Crippen molar-refractivity contribution in [1.82, 2.24) is 0 Å². The number of hydrogen-bond donors (Lipinski definition) is 1. The number of para-hydroxylation sites is 1. The van der Waals surface area contributed by atoms with Crippen LogP contribution in [-0.4, -0.2) is 27.1 Å². The maximum absolute atomic E-state index is 13.4. The third-order valence-electron chi connectivity index (χ3n) is 5.37. The zero-order chi connectivity index (χ0) is 22.2. The van der Waals surface area contributed by atoms with Crippen LogP contribution in [0.5, 0.6) is 0 Å². The minimum atomic E-state index is -3.87. The molecule has 0 aliphatic carbocycles. The molecule has 0 unspecified atom stereocenters. The van der Waals surface area contributed by atoms with E-state index in [9.17, 15) is 13.2 Å². The highest BCUT2D eigenvalue weighted by molar-refractivity contribution is 7.98. The van der Waals surface area contributed by atoms with Crippen molar-refractivity contribution in [1.29, 1.82) is 0 Å². The van der Waals surface area contributed by atoms with Crippen LogP contribution in [0.15, 0.2) is 76.5 Å². The molecule has 160 valence electrons. The average Bonchev–Trinajstić information content (AvgIpc) is 2.76. The number of hydrogen-bond acceptors (Lipinski definition) is 4. The molecule has 1 aliphatic rings. The topological polar surface area (TPSA) is 66.5 Å². The maximum atomic E-state index is 13.4. The molecular weight excluding hydrogens is 428 g/mol. The number of nitrogens with zero attached hydrogens (tertiary/aromatic N) is 1. The summed E-state index contributed by atoms with van der Waals surface area (Å²) in [5.74, 6) is -0.0841. The molecule has 0 radical (unpaired) electrons. The van der Waals surface area contributed by atoms with E-state index < -0.39 is 10.0 Å². The smallest absolute Gasteiger partial charge is 0.265 e. The molecule has 1 heterocycles. The lowest BCUT2D eigenvalue weighted by molar-refractivity contribution is -0.114. The molecule has 3 aromatic rings. The molecule has 0 spiro atoms. The molecule has 0 fully saturated rings. The molecule has 1 N–H and O–H groups in total. The number of carbonyl (C=O) groups is 1. The lowest BCUT2D eigenvalue weighted by Crippen LogP contribution is -2.40. The molecule has 0 saturated carbocycles. The van der Waals surface area contributed by atoms with Crippen molar-refractivity contribution in [3.63, 3.8) is 0 Å². The summed E-state index contributed by atoms with van der Waals surface area (Å²) in [4.78, 5) is 14.1. The summed E-state index contributed by atoms with van der Waals surface area (Å²) in [6.45, 7) is 3.90. The van der Waals surface area contributed by atoms with Crippen molar-refractivity contribution in [3.05, 3.63) is 72.3 Å². The van der Waals surface area contributed by atoms with Gasteiger partial charge in [-0.05, 0) is 48.1 Å². The van der Waals surface area contributed by atoms with Crippen LogP contribution in [0.2, 0.25) is 0 Å². The molecule has 0 bridgehead atoms. The minimum absolute atomic E-state index is 0.223. The van der Waals surface area contributed by atoms with Crippen LogP contribution < -0.4 is 9.62 Å². The predicted octanol–water partition coefficient (Wildman–Crippen LogP) is 5.35. The van der Waals surface area contributed by atoms with Gasteiger partial charge < -0.3 is 5.32 Å². The van der Waals surface area contributed by atoms with Crippen LogP contribution >= 0.6 is 11.8 Å². The van der Waals surface area contributed by atoms with Crippen molar-refractivity contribution < 1.29 is 13.2 Å². The van der Waals surface area contributed by atoms with Gasteiger partial charge in [-0.3, -0.25) is 9.10 Å². The number of nitrogens with one attached hydrogen (secondary N) is 1. The van der Waals surface area contributed by atoms with E-state index in [1.807, 2.05) is 54.8 Å². The van der Waals surface area contributed by atoms with Gasteiger partial charge in [-0.2, -0.15) is 0 Å². The quantitative estimate of drug-likeness (QED) is 0.530. The Morgan fingerprint density at radius 1 is 1.00 bits per heavy atom. The van der Waals surface area contributed by atoms with E-state index in [0.29, 0.717) is 22.9 Å². The van der Waals surface area contributed by atoms with E-state index >= 15 is 0 Å². The Kier molecular flexibility index (Phi) is 5.81. The van der Waals surface area contributed by atoms with Gasteiger partial charge in [0.15, 0.2) is 0 Å². The van der Waals surface area contributed by atoms with E-state index in [-0.39, 0.29) is 17.3 Å². The van der Waals surface area contributed by atoms with Gasteiger partial charge in [-0.1, -0.05) is 50.2 Å². The largest absolute Gasteiger partial charge is 0.323 e. The third-order valence-corrected chi connectivity index (χ3v) is 7.98. The Morgan fingerprint density at radius 2 is 1.71 bits per heavy atom. The van der Waals surface area contributed by atoms with Crippen LogP contribution in [0.25, 0.3) is 11.1 Å². The summed E-state index contributed by atoms with van der Waals surface area (Å²) in [5.41, 5.74) is 3.81. The summed E-state index contributed by atoms with van der Waals surface area (Å²) >= 11 is 1.52. The minimum Gasteiger partial charge on any atom is -0.323 e. The average molecular weight is 453 g/mol. The second kappa shape index (κ2) is 8.40. The Balaban J connectivity index is 1.75. The second-order valence-electron chi connectivity index (χ2n) is 7.69. The number of benzene rings is 3. The monoisotopic (exact) mass is 452 g/mol. The van der Waals surface area contributed by atoms with Crippen molar-refractivity contribution in [3.8, 4) is 11.1 Å². The normalized spacial score (nSPS) is 14.1. The zero-order valence-corrected chi connectivity index (χ0v) is 19.3. The van der Waals surface area contributed by atoms with E-state index in [1.165, 1.54) is 16.1 Å². The first-order chi connectivity index (χ1) is 14.8. The number of fused-ring (bicyclic) bond motifs is 3. The van der Waals surface area contributed by atoms with Gasteiger partial charge in [-0.25, -0.2) is 8.42 Å². The lowest BCUT2D eigenvalue weighted by Gasteiger charge is -2.32. The molecule has 1 aliphatic heterocycles. The van der Waals surface area contributed by atoms with Crippen molar-refractivity contribution in [2.24, 2.45) is 0 Å². The standard InChI is InChI=1S/C24H24N2O3S2/c1-16(2)17-12-13-21-19(14-17)18-8-4-7-11-23(18)31(28,29)26(21)15-24(27)25-20-9-5-6-10-22(20)30-3/h4-14,16H,15H2,1-3H3,(H,25,27). The predicted molar refractivity (Wildman–Crippen MR) is 127 cm³/mol. The van der Waals surface area contributed by atoms with Gasteiger partial charge in [0.1, 0.15) is 6.54 Å². The van der Waals surface area contributed by atoms with Crippen LogP contribution in [0, 0.1) is 0 Å². The summed E-state index contributed by atoms with van der Waals surface area (Å²) < 4.78 is 28.1. The Labute approximate surface area is 187 Å². The Bertz CT molecular complexity index is 1250. The number of rotatable bonds is 5. The van der Waals surface area contributed by atoms with Crippen LogP contribution in [0.4, 0.5) is 11.4 Å². The first kappa shape index (κ1) is 21.5. The first-order valence-electron chi connectivity index (χ1n) is 10.0. The first-order valence-corrected chi connectivity index (χ1v) is 12.7.